The van der Waals surface area contributed by atoms with Gasteiger partial charge in [-0.15, -0.1) is 0 Å². The molecular weight excluding hydrogens is 432 g/mol. The first-order valence-electron chi connectivity index (χ1n) is 11.1. The van der Waals surface area contributed by atoms with Crippen molar-refractivity contribution in [1.29, 1.82) is 0 Å². The first-order chi connectivity index (χ1) is 16.5. The highest BCUT2D eigenvalue weighted by molar-refractivity contribution is 6.46. The van der Waals surface area contributed by atoms with Crippen molar-refractivity contribution in [2.75, 3.05) is 23.6 Å². The van der Waals surface area contributed by atoms with Crippen LogP contribution < -0.4 is 24.4 Å². The van der Waals surface area contributed by atoms with E-state index in [1.54, 1.807) is 42.5 Å². The van der Waals surface area contributed by atoms with E-state index in [4.69, 9.17) is 14.2 Å². The summed E-state index contributed by atoms with van der Waals surface area (Å²) in [5, 5.41) is 3.17. The zero-order valence-corrected chi connectivity index (χ0v) is 19.2. The van der Waals surface area contributed by atoms with Gasteiger partial charge < -0.3 is 19.5 Å². The highest BCUT2D eigenvalue weighted by Crippen LogP contribution is 2.38. The molecule has 0 aliphatic carbocycles. The van der Waals surface area contributed by atoms with Crippen LogP contribution in [0.4, 0.5) is 11.4 Å². The Morgan fingerprint density at radius 1 is 0.912 bits per heavy atom. The summed E-state index contributed by atoms with van der Waals surface area (Å²) in [7, 11) is 0. The fourth-order valence-corrected chi connectivity index (χ4v) is 4.04. The first-order valence-corrected chi connectivity index (χ1v) is 11.1. The van der Waals surface area contributed by atoms with Gasteiger partial charge in [-0.05, 0) is 61.7 Å². The molecule has 5 rings (SSSR count). The Labute approximate surface area is 197 Å². The van der Waals surface area contributed by atoms with Crippen LogP contribution in [0.25, 0.3) is 5.57 Å². The number of hydrogen-bond donors (Lipinski definition) is 1. The molecule has 0 atom stereocenters. The Morgan fingerprint density at radius 3 is 2.53 bits per heavy atom. The van der Waals surface area contributed by atoms with Crippen LogP contribution in [0.15, 0.2) is 66.4 Å². The molecule has 0 saturated carbocycles. The van der Waals surface area contributed by atoms with Crippen LogP contribution in [-0.2, 0) is 9.59 Å². The minimum absolute atomic E-state index is 0.150. The average Bonchev–Trinajstić information content (AvgIpc) is 3.38. The van der Waals surface area contributed by atoms with Crippen LogP contribution in [0.5, 0.6) is 17.2 Å². The van der Waals surface area contributed by atoms with Crippen LogP contribution in [0.1, 0.15) is 23.6 Å². The molecule has 7 heteroatoms. The second-order valence-corrected chi connectivity index (χ2v) is 8.12. The number of nitrogens with zero attached hydrogens (tertiary/aromatic N) is 1. The second kappa shape index (κ2) is 8.59. The van der Waals surface area contributed by atoms with E-state index >= 15 is 0 Å². The Bertz CT molecular complexity index is 1340. The molecule has 1 N–H and O–H groups in total. The van der Waals surface area contributed by atoms with Gasteiger partial charge in [0.05, 0.1) is 17.9 Å². The van der Waals surface area contributed by atoms with E-state index in [0.717, 1.165) is 11.1 Å². The first kappa shape index (κ1) is 21.6. The summed E-state index contributed by atoms with van der Waals surface area (Å²) in [6.07, 6.45) is 0. The summed E-state index contributed by atoms with van der Waals surface area (Å²) in [5.74, 6) is 0.966. The number of rotatable bonds is 6. The van der Waals surface area contributed by atoms with Gasteiger partial charge in [-0.2, -0.15) is 0 Å². The lowest BCUT2D eigenvalue weighted by molar-refractivity contribution is -0.120. The average molecular weight is 456 g/mol. The van der Waals surface area contributed by atoms with E-state index in [1.165, 1.54) is 4.90 Å². The monoisotopic (exact) mass is 456 g/mol. The van der Waals surface area contributed by atoms with E-state index in [1.807, 2.05) is 39.0 Å². The van der Waals surface area contributed by atoms with Gasteiger partial charge in [-0.3, -0.25) is 9.59 Å². The summed E-state index contributed by atoms with van der Waals surface area (Å²) < 4.78 is 16.4. The molecular formula is C27H24N2O5. The van der Waals surface area contributed by atoms with Crippen molar-refractivity contribution >= 4 is 28.8 Å². The van der Waals surface area contributed by atoms with Crippen molar-refractivity contribution in [2.24, 2.45) is 0 Å². The molecule has 2 aliphatic heterocycles. The number of imide groups is 1. The third-order valence-electron chi connectivity index (χ3n) is 5.91. The number of ether oxygens (including phenoxy) is 3. The fraction of sp³-hybridized carbons (Fsp3) is 0.185. The fourth-order valence-electron chi connectivity index (χ4n) is 4.04. The van der Waals surface area contributed by atoms with Crippen molar-refractivity contribution in [3.05, 3.63) is 83.1 Å². The van der Waals surface area contributed by atoms with Crippen LogP contribution in [0.3, 0.4) is 0 Å². The standard InChI is InChI=1S/C27H24N2O5/c1-4-32-21-7-5-6-20(14-21)29-26(30)24(18-9-8-16(2)17(3)12-18)25(27(29)31)28-19-10-11-22-23(13-19)34-15-33-22/h5-14,28H,4,15H2,1-3H3. The zero-order valence-electron chi connectivity index (χ0n) is 19.2. The van der Waals surface area contributed by atoms with Gasteiger partial charge in [0.2, 0.25) is 6.79 Å². The molecule has 2 heterocycles. The number of hydrogen-bond acceptors (Lipinski definition) is 6. The number of aryl methyl sites for hydroxylation is 2. The summed E-state index contributed by atoms with van der Waals surface area (Å²) >= 11 is 0. The maximum absolute atomic E-state index is 13.7. The van der Waals surface area contributed by atoms with Crippen LogP contribution >= 0.6 is 0 Å². The third kappa shape index (κ3) is 3.75. The summed E-state index contributed by atoms with van der Waals surface area (Å²) in [5.41, 5.74) is 4.39. The van der Waals surface area contributed by atoms with Gasteiger partial charge in [-0.1, -0.05) is 24.3 Å². The van der Waals surface area contributed by atoms with Gasteiger partial charge in [0.1, 0.15) is 11.4 Å². The molecule has 3 aromatic rings. The molecule has 0 saturated heterocycles. The molecule has 2 aliphatic rings. The van der Waals surface area contributed by atoms with Gasteiger partial charge in [-0.25, -0.2) is 4.90 Å². The predicted molar refractivity (Wildman–Crippen MR) is 129 cm³/mol. The molecule has 0 fully saturated rings. The van der Waals surface area contributed by atoms with Crippen molar-refractivity contribution in [3.8, 4) is 17.2 Å². The molecule has 7 nitrogen and oxygen atoms in total. The Balaban J connectivity index is 1.59. The van der Waals surface area contributed by atoms with Gasteiger partial charge in [0.15, 0.2) is 11.5 Å². The molecule has 0 aromatic heterocycles. The number of carbonyl (C=O) groups excluding carboxylic acids is 2. The van der Waals surface area contributed by atoms with E-state index in [9.17, 15) is 9.59 Å². The summed E-state index contributed by atoms with van der Waals surface area (Å²) in [6, 6.07) is 18.0. The quantitative estimate of drug-likeness (QED) is 0.536. The molecule has 172 valence electrons. The number of anilines is 2. The van der Waals surface area contributed by atoms with Crippen molar-refractivity contribution in [3.63, 3.8) is 0 Å². The molecule has 34 heavy (non-hydrogen) atoms. The lowest BCUT2D eigenvalue weighted by atomic mass is 9.99. The van der Waals surface area contributed by atoms with Gasteiger partial charge >= 0.3 is 0 Å². The van der Waals surface area contributed by atoms with Crippen LogP contribution in [0, 0.1) is 13.8 Å². The van der Waals surface area contributed by atoms with Gasteiger partial charge in [0.25, 0.3) is 11.8 Å². The third-order valence-corrected chi connectivity index (χ3v) is 5.91. The SMILES string of the molecule is CCOc1cccc(N2C(=O)C(Nc3ccc4c(c3)OCO4)=C(c3ccc(C)c(C)c3)C2=O)c1. The number of amides is 2. The molecule has 0 radical (unpaired) electrons. The van der Waals surface area contributed by atoms with Crippen LogP contribution in [-0.4, -0.2) is 25.2 Å². The molecule has 0 bridgehead atoms. The van der Waals surface area contributed by atoms with Crippen molar-refractivity contribution in [2.45, 2.75) is 20.8 Å². The molecule has 0 spiro atoms. The largest absolute Gasteiger partial charge is 0.494 e. The van der Waals surface area contributed by atoms with Crippen molar-refractivity contribution in [1.82, 2.24) is 0 Å². The van der Waals surface area contributed by atoms with E-state index in [-0.39, 0.29) is 12.5 Å². The van der Waals surface area contributed by atoms with Gasteiger partial charge in [0, 0.05) is 17.8 Å². The lowest BCUT2D eigenvalue weighted by Crippen LogP contribution is -2.32. The molecule has 0 unspecified atom stereocenters. The van der Waals surface area contributed by atoms with Crippen molar-refractivity contribution < 1.29 is 23.8 Å². The number of benzene rings is 3. The number of fused-ring (bicyclic) bond motifs is 1. The smallest absolute Gasteiger partial charge is 0.282 e. The minimum Gasteiger partial charge on any atom is -0.494 e. The Hall–Kier alpha value is -4.26. The van der Waals surface area contributed by atoms with E-state index < -0.39 is 11.8 Å². The zero-order chi connectivity index (χ0) is 23.8. The minimum atomic E-state index is -0.440. The molecule has 3 aromatic carbocycles. The topological polar surface area (TPSA) is 77.1 Å². The highest BCUT2D eigenvalue weighted by atomic mass is 16.7. The van der Waals surface area contributed by atoms with E-state index in [2.05, 4.69) is 5.32 Å². The van der Waals surface area contributed by atoms with Crippen LogP contribution in [0.2, 0.25) is 0 Å². The maximum Gasteiger partial charge on any atom is 0.282 e. The number of nitrogens with one attached hydrogen (secondary N) is 1. The Morgan fingerprint density at radius 2 is 1.74 bits per heavy atom. The lowest BCUT2D eigenvalue weighted by Gasteiger charge is -2.16. The summed E-state index contributed by atoms with van der Waals surface area (Å²) in [4.78, 5) is 28.5. The normalized spacial score (nSPS) is 14.7. The number of carbonyl (C=O) groups is 2. The summed E-state index contributed by atoms with van der Waals surface area (Å²) in [6.45, 7) is 6.50. The second-order valence-electron chi connectivity index (χ2n) is 8.12. The van der Waals surface area contributed by atoms with E-state index in [0.29, 0.717) is 46.4 Å². The maximum atomic E-state index is 13.7. The predicted octanol–water partition coefficient (Wildman–Crippen LogP) is 4.83. The highest BCUT2D eigenvalue weighted by Gasteiger charge is 2.40. The molecule has 2 amide bonds. The Kier molecular flexibility index (Phi) is 5.45.